The molecule has 0 aromatic heterocycles. The summed E-state index contributed by atoms with van der Waals surface area (Å²) in [5.41, 5.74) is 1.53. The van der Waals surface area contributed by atoms with Crippen molar-refractivity contribution in [2.24, 2.45) is 0 Å². The Morgan fingerprint density at radius 2 is 1.86 bits per heavy atom. The number of halogens is 2. The zero-order valence-corrected chi connectivity index (χ0v) is 7.05. The van der Waals surface area contributed by atoms with Gasteiger partial charge in [0.25, 0.3) is 0 Å². The minimum atomic E-state index is 1.17. The van der Waals surface area contributed by atoms with E-state index in [1.54, 1.807) is 0 Å². The van der Waals surface area contributed by atoms with Crippen molar-refractivity contribution in [3.63, 3.8) is 0 Å². The van der Waals surface area contributed by atoms with E-state index in [2.05, 4.69) is 31.9 Å². The van der Waals surface area contributed by atoms with Crippen molar-refractivity contribution in [2.75, 3.05) is 0 Å². The van der Waals surface area contributed by atoms with Crippen LogP contribution in [0.15, 0.2) is 8.96 Å². The molecule has 1 aliphatic carbocycles. The van der Waals surface area contributed by atoms with Crippen LogP contribution in [0, 0.1) is 0 Å². The lowest BCUT2D eigenvalue weighted by atomic mass is 9.95. The Morgan fingerprint density at radius 1 is 1.29 bits per heavy atom. The number of allylic oxidation sites excluding steroid dienone is 1. The molecule has 7 heavy (non-hydrogen) atoms. The van der Waals surface area contributed by atoms with Gasteiger partial charge in [0.1, 0.15) is 0 Å². The van der Waals surface area contributed by atoms with E-state index in [1.165, 1.54) is 28.2 Å². The summed E-state index contributed by atoms with van der Waals surface area (Å²) < 4.78 is 1.17. The quantitative estimate of drug-likeness (QED) is 0.594. The molecule has 1 aliphatic rings. The second kappa shape index (κ2) is 2.31. The van der Waals surface area contributed by atoms with Gasteiger partial charge in [0.2, 0.25) is 0 Å². The minimum Gasteiger partial charge on any atom is -0.0489 e. The Hall–Kier alpha value is 0.700. The first-order valence-corrected chi connectivity index (χ1v) is 3.92. The standard InChI is InChI=1S/C5H6Br2/c6-5(7)4-2-1-3-4/h1-3H2. The first-order chi connectivity index (χ1) is 3.30. The van der Waals surface area contributed by atoms with Crippen molar-refractivity contribution in [2.45, 2.75) is 19.3 Å². The van der Waals surface area contributed by atoms with Crippen LogP contribution in [-0.2, 0) is 0 Å². The maximum absolute atomic E-state index is 3.35. The van der Waals surface area contributed by atoms with Crippen LogP contribution in [0.2, 0.25) is 0 Å². The smallest absolute Gasteiger partial charge is 0.0489 e. The summed E-state index contributed by atoms with van der Waals surface area (Å²) in [4.78, 5) is 0. The first-order valence-electron chi connectivity index (χ1n) is 2.34. The fraction of sp³-hybridized carbons (Fsp3) is 0.600. The van der Waals surface area contributed by atoms with Gasteiger partial charge in [0.15, 0.2) is 0 Å². The van der Waals surface area contributed by atoms with Crippen molar-refractivity contribution < 1.29 is 0 Å². The SMILES string of the molecule is BrC(Br)=C1CCC1. The van der Waals surface area contributed by atoms with E-state index >= 15 is 0 Å². The molecule has 0 saturated heterocycles. The summed E-state index contributed by atoms with van der Waals surface area (Å²) in [6.07, 6.45) is 3.94. The molecule has 40 valence electrons. The third-order valence-corrected chi connectivity index (χ3v) is 2.35. The number of rotatable bonds is 0. The Kier molecular flexibility index (Phi) is 1.93. The van der Waals surface area contributed by atoms with Crippen LogP contribution < -0.4 is 0 Å². The number of hydrogen-bond acceptors (Lipinski definition) is 0. The predicted octanol–water partition coefficient (Wildman–Crippen LogP) is 3.17. The average molecular weight is 226 g/mol. The van der Waals surface area contributed by atoms with Gasteiger partial charge in [-0.05, 0) is 56.7 Å². The van der Waals surface area contributed by atoms with Crippen LogP contribution in [0.5, 0.6) is 0 Å². The van der Waals surface area contributed by atoms with Crippen LogP contribution in [0.4, 0.5) is 0 Å². The first kappa shape index (κ1) is 5.83. The molecular formula is C5H6Br2. The molecule has 1 rings (SSSR count). The topological polar surface area (TPSA) is 0 Å². The Balaban J connectivity index is 2.52. The minimum absolute atomic E-state index is 1.17. The van der Waals surface area contributed by atoms with Crippen LogP contribution >= 0.6 is 31.9 Å². The lowest BCUT2D eigenvalue weighted by Crippen LogP contribution is -1.95. The zero-order chi connectivity index (χ0) is 5.28. The highest BCUT2D eigenvalue weighted by Crippen LogP contribution is 2.33. The van der Waals surface area contributed by atoms with Gasteiger partial charge >= 0.3 is 0 Å². The van der Waals surface area contributed by atoms with E-state index in [-0.39, 0.29) is 0 Å². The lowest BCUT2D eigenvalue weighted by molar-refractivity contribution is 0.664. The van der Waals surface area contributed by atoms with E-state index in [0.717, 1.165) is 0 Å². The molecule has 0 spiro atoms. The maximum atomic E-state index is 3.35. The summed E-state index contributed by atoms with van der Waals surface area (Å²) in [6.45, 7) is 0. The molecule has 2 heteroatoms. The molecule has 0 nitrogen and oxygen atoms in total. The van der Waals surface area contributed by atoms with E-state index in [1.807, 2.05) is 0 Å². The third-order valence-electron chi connectivity index (χ3n) is 1.22. The highest BCUT2D eigenvalue weighted by molar-refractivity contribution is 9.28. The van der Waals surface area contributed by atoms with Gasteiger partial charge in [-0.25, -0.2) is 0 Å². The second-order valence-electron chi connectivity index (χ2n) is 1.72. The van der Waals surface area contributed by atoms with Crippen molar-refractivity contribution in [1.29, 1.82) is 0 Å². The Labute approximate surface area is 60.2 Å². The summed E-state index contributed by atoms with van der Waals surface area (Å²) in [5, 5.41) is 0. The monoisotopic (exact) mass is 224 g/mol. The molecule has 0 aromatic rings. The fourth-order valence-electron chi connectivity index (χ4n) is 0.543. The lowest BCUT2D eigenvalue weighted by Gasteiger charge is -2.15. The van der Waals surface area contributed by atoms with Gasteiger partial charge in [-0.15, -0.1) is 0 Å². The molecule has 1 saturated carbocycles. The molecule has 0 N–H and O–H groups in total. The molecule has 0 amide bonds. The third kappa shape index (κ3) is 1.29. The highest BCUT2D eigenvalue weighted by atomic mass is 79.9. The predicted molar refractivity (Wildman–Crippen MR) is 38.7 cm³/mol. The summed E-state index contributed by atoms with van der Waals surface area (Å²) in [7, 11) is 0. The second-order valence-corrected chi connectivity index (χ2v) is 4.37. The van der Waals surface area contributed by atoms with E-state index in [9.17, 15) is 0 Å². The largest absolute Gasteiger partial charge is 0.0596 e. The molecule has 0 unspecified atom stereocenters. The zero-order valence-electron chi connectivity index (χ0n) is 3.88. The van der Waals surface area contributed by atoms with E-state index in [0.29, 0.717) is 0 Å². The molecular weight excluding hydrogens is 220 g/mol. The number of hydrogen-bond donors (Lipinski definition) is 0. The molecule has 0 atom stereocenters. The van der Waals surface area contributed by atoms with Gasteiger partial charge in [-0.1, -0.05) is 0 Å². The molecule has 1 fully saturated rings. The van der Waals surface area contributed by atoms with Crippen molar-refractivity contribution in [1.82, 2.24) is 0 Å². The van der Waals surface area contributed by atoms with Crippen molar-refractivity contribution in [3.05, 3.63) is 8.96 Å². The highest BCUT2D eigenvalue weighted by Gasteiger charge is 2.10. The van der Waals surface area contributed by atoms with Crippen LogP contribution in [0.3, 0.4) is 0 Å². The fourth-order valence-corrected chi connectivity index (χ4v) is 1.34. The van der Waals surface area contributed by atoms with Gasteiger partial charge in [-0.2, -0.15) is 0 Å². The molecule has 0 radical (unpaired) electrons. The summed E-state index contributed by atoms with van der Waals surface area (Å²) >= 11 is 6.69. The van der Waals surface area contributed by atoms with Gasteiger partial charge < -0.3 is 0 Å². The maximum Gasteiger partial charge on any atom is 0.0596 e. The van der Waals surface area contributed by atoms with Crippen molar-refractivity contribution >= 4 is 31.9 Å². The molecule has 0 aromatic carbocycles. The van der Waals surface area contributed by atoms with Crippen molar-refractivity contribution in [3.8, 4) is 0 Å². The van der Waals surface area contributed by atoms with Gasteiger partial charge in [0.05, 0.1) is 3.39 Å². The van der Waals surface area contributed by atoms with Crippen LogP contribution in [0.25, 0.3) is 0 Å². The van der Waals surface area contributed by atoms with E-state index in [4.69, 9.17) is 0 Å². The molecule has 0 heterocycles. The molecule has 0 bridgehead atoms. The van der Waals surface area contributed by atoms with Gasteiger partial charge in [0, 0.05) is 0 Å². The Bertz CT molecular complexity index is 94.6. The summed E-state index contributed by atoms with van der Waals surface area (Å²) in [6, 6.07) is 0. The van der Waals surface area contributed by atoms with E-state index < -0.39 is 0 Å². The van der Waals surface area contributed by atoms with Gasteiger partial charge in [-0.3, -0.25) is 0 Å². The molecule has 0 aliphatic heterocycles. The Morgan fingerprint density at radius 3 is 1.86 bits per heavy atom. The van der Waals surface area contributed by atoms with Crippen LogP contribution in [0.1, 0.15) is 19.3 Å². The average Bonchev–Trinajstić information content (AvgIpc) is 1.23. The summed E-state index contributed by atoms with van der Waals surface area (Å²) in [5.74, 6) is 0. The van der Waals surface area contributed by atoms with Crippen LogP contribution in [-0.4, -0.2) is 0 Å². The normalized spacial score (nSPS) is 18.9.